The van der Waals surface area contributed by atoms with Gasteiger partial charge < -0.3 is 24.9 Å². The highest BCUT2D eigenvalue weighted by Crippen LogP contribution is 2.34. The molecule has 0 radical (unpaired) electrons. The number of hydrogen-bond donors (Lipinski definition) is 2. The van der Waals surface area contributed by atoms with Crippen molar-refractivity contribution in [3.05, 3.63) is 65.4 Å². The first-order valence-electron chi connectivity index (χ1n) is 9.84. The van der Waals surface area contributed by atoms with Gasteiger partial charge >= 0.3 is 0 Å². The van der Waals surface area contributed by atoms with E-state index in [0.29, 0.717) is 34.4 Å². The first kappa shape index (κ1) is 21.8. The summed E-state index contributed by atoms with van der Waals surface area (Å²) in [4.78, 5) is 17.0. The minimum absolute atomic E-state index is 0.0369. The maximum absolute atomic E-state index is 13.4. The number of aromatic nitrogens is 4. The number of benzene rings is 2. The molecule has 0 spiro atoms. The molecule has 2 heterocycles. The molecule has 10 nitrogen and oxygen atoms in total. The minimum Gasteiger partial charge on any atom is -0.497 e. The molecule has 0 saturated heterocycles. The number of nitrogen functional groups attached to an aromatic ring is 1. The normalized spacial score (nSPS) is 10.8. The van der Waals surface area contributed by atoms with Gasteiger partial charge in [-0.25, -0.2) is 14.1 Å². The summed E-state index contributed by atoms with van der Waals surface area (Å²) in [5.74, 6) is 1.03. The van der Waals surface area contributed by atoms with Gasteiger partial charge in [-0.15, -0.1) is 5.10 Å². The number of ether oxygens (including phenoxy) is 2. The molecule has 4 aromatic rings. The van der Waals surface area contributed by atoms with E-state index in [1.165, 1.54) is 22.9 Å². The molecule has 0 atom stereocenters. The molecule has 2 aromatic carbocycles. The molecule has 2 aromatic heterocycles. The molecule has 1 amide bonds. The zero-order valence-corrected chi connectivity index (χ0v) is 18.1. The number of nitrogens with zero attached hydrogens (tertiary/aromatic N) is 4. The molecule has 0 fully saturated rings. The van der Waals surface area contributed by atoms with Gasteiger partial charge in [0.2, 0.25) is 5.89 Å². The van der Waals surface area contributed by atoms with Crippen LogP contribution in [0.1, 0.15) is 21.9 Å². The van der Waals surface area contributed by atoms with Crippen molar-refractivity contribution in [1.82, 2.24) is 20.0 Å². The molecule has 0 aliphatic carbocycles. The zero-order valence-electron chi connectivity index (χ0n) is 18.1. The topological polar surface area (TPSA) is 130 Å². The van der Waals surface area contributed by atoms with Crippen LogP contribution in [0.15, 0.2) is 46.9 Å². The third kappa shape index (κ3) is 4.47. The average Bonchev–Trinajstić information content (AvgIpc) is 3.35. The molecule has 170 valence electrons. The van der Waals surface area contributed by atoms with E-state index in [9.17, 15) is 9.18 Å². The maximum Gasteiger partial charge on any atom is 0.280 e. The van der Waals surface area contributed by atoms with Crippen molar-refractivity contribution in [3.8, 4) is 23.0 Å². The van der Waals surface area contributed by atoms with Crippen LogP contribution in [0.25, 0.3) is 11.5 Å². The van der Waals surface area contributed by atoms with Gasteiger partial charge in [-0.05, 0) is 37.3 Å². The zero-order chi connectivity index (χ0) is 23.5. The number of oxazole rings is 1. The van der Waals surface area contributed by atoms with Crippen LogP contribution in [0.3, 0.4) is 0 Å². The van der Waals surface area contributed by atoms with Crippen molar-refractivity contribution in [3.63, 3.8) is 0 Å². The number of halogens is 1. The number of nitrogens with one attached hydrogen (secondary N) is 1. The number of anilines is 2. The van der Waals surface area contributed by atoms with Crippen LogP contribution >= 0.6 is 0 Å². The predicted molar refractivity (Wildman–Crippen MR) is 118 cm³/mol. The van der Waals surface area contributed by atoms with E-state index in [2.05, 4.69) is 20.6 Å². The molecular formula is C22H21FN6O4. The van der Waals surface area contributed by atoms with Gasteiger partial charge in [0, 0.05) is 11.8 Å². The smallest absolute Gasteiger partial charge is 0.280 e. The highest BCUT2D eigenvalue weighted by molar-refractivity contribution is 6.05. The monoisotopic (exact) mass is 452 g/mol. The summed E-state index contributed by atoms with van der Waals surface area (Å²) in [6, 6.07) is 10.8. The summed E-state index contributed by atoms with van der Waals surface area (Å²) in [5.41, 5.74) is 7.48. The summed E-state index contributed by atoms with van der Waals surface area (Å²) in [5, 5.41) is 10.4. The molecule has 33 heavy (non-hydrogen) atoms. The van der Waals surface area contributed by atoms with Crippen molar-refractivity contribution in [2.45, 2.75) is 13.5 Å². The van der Waals surface area contributed by atoms with Gasteiger partial charge in [0.15, 0.2) is 11.5 Å². The van der Waals surface area contributed by atoms with Crippen LogP contribution in [0.5, 0.6) is 11.5 Å². The molecule has 0 aliphatic heterocycles. The number of nitrogens with two attached hydrogens (primary N) is 1. The lowest BCUT2D eigenvalue weighted by molar-refractivity contribution is 0.102. The maximum atomic E-state index is 13.4. The summed E-state index contributed by atoms with van der Waals surface area (Å²) in [6.07, 6.45) is 0. The molecule has 4 rings (SSSR count). The first-order chi connectivity index (χ1) is 15.9. The fourth-order valence-corrected chi connectivity index (χ4v) is 3.16. The van der Waals surface area contributed by atoms with E-state index in [4.69, 9.17) is 19.6 Å². The highest BCUT2D eigenvalue weighted by Gasteiger charge is 2.21. The standard InChI is InChI=1S/C22H21FN6O4/c1-12-17(26-22(33-12)16-8-7-15(31-2)10-18(16)32-3)11-29-20(24)19(27-28-29)21(30)25-14-6-4-5-13(23)9-14/h4-10H,11,24H2,1-3H3,(H,25,30). The second kappa shape index (κ2) is 8.99. The lowest BCUT2D eigenvalue weighted by Crippen LogP contribution is -2.15. The summed E-state index contributed by atoms with van der Waals surface area (Å²) >= 11 is 0. The third-order valence-corrected chi connectivity index (χ3v) is 4.90. The first-order valence-corrected chi connectivity index (χ1v) is 9.84. The molecule has 0 aliphatic rings. The largest absolute Gasteiger partial charge is 0.497 e. The Labute approximate surface area is 188 Å². The van der Waals surface area contributed by atoms with Crippen LogP contribution in [-0.4, -0.2) is 40.1 Å². The Morgan fingerprint density at radius 3 is 2.76 bits per heavy atom. The van der Waals surface area contributed by atoms with E-state index in [0.717, 1.165) is 0 Å². The Balaban J connectivity index is 1.56. The Morgan fingerprint density at radius 1 is 1.21 bits per heavy atom. The highest BCUT2D eigenvalue weighted by atomic mass is 19.1. The van der Waals surface area contributed by atoms with Crippen molar-refractivity contribution >= 4 is 17.4 Å². The molecule has 0 saturated carbocycles. The average molecular weight is 452 g/mol. The van der Waals surface area contributed by atoms with E-state index >= 15 is 0 Å². The Hall–Kier alpha value is -4.41. The molecular weight excluding hydrogens is 431 g/mol. The summed E-state index contributed by atoms with van der Waals surface area (Å²) < 4.78 is 31.2. The lowest BCUT2D eigenvalue weighted by atomic mass is 10.2. The number of aryl methyl sites for hydroxylation is 1. The molecule has 0 unspecified atom stereocenters. The van der Waals surface area contributed by atoms with Crippen molar-refractivity contribution < 1.29 is 23.1 Å². The number of methoxy groups -OCH3 is 2. The van der Waals surface area contributed by atoms with Crippen LogP contribution in [0.4, 0.5) is 15.9 Å². The molecule has 11 heteroatoms. The Morgan fingerprint density at radius 2 is 2.03 bits per heavy atom. The summed E-state index contributed by atoms with van der Waals surface area (Å²) in [6.45, 7) is 1.88. The van der Waals surface area contributed by atoms with E-state index in [1.54, 1.807) is 45.4 Å². The number of carbonyl (C=O) groups excluding carboxylic acids is 1. The van der Waals surface area contributed by atoms with Crippen LogP contribution < -0.4 is 20.5 Å². The lowest BCUT2D eigenvalue weighted by Gasteiger charge is -2.07. The Kier molecular flexibility index (Phi) is 5.94. The quantitative estimate of drug-likeness (QED) is 0.437. The minimum atomic E-state index is -0.607. The number of carbonyl (C=O) groups is 1. The predicted octanol–water partition coefficient (Wildman–Crippen LogP) is 3.28. The summed E-state index contributed by atoms with van der Waals surface area (Å²) in [7, 11) is 3.11. The second-order valence-electron chi connectivity index (χ2n) is 7.03. The van der Waals surface area contributed by atoms with E-state index < -0.39 is 11.7 Å². The van der Waals surface area contributed by atoms with Crippen LogP contribution in [0.2, 0.25) is 0 Å². The van der Waals surface area contributed by atoms with Gasteiger partial charge in [0.25, 0.3) is 5.91 Å². The molecule has 0 bridgehead atoms. The van der Waals surface area contributed by atoms with Gasteiger partial charge in [-0.2, -0.15) is 0 Å². The fourth-order valence-electron chi connectivity index (χ4n) is 3.16. The van der Waals surface area contributed by atoms with Gasteiger partial charge in [-0.3, -0.25) is 4.79 Å². The third-order valence-electron chi connectivity index (χ3n) is 4.90. The molecule has 3 N–H and O–H groups in total. The van der Waals surface area contributed by atoms with Gasteiger partial charge in [0.1, 0.15) is 28.8 Å². The van der Waals surface area contributed by atoms with Gasteiger partial charge in [-0.1, -0.05) is 11.3 Å². The van der Waals surface area contributed by atoms with E-state index in [1.807, 2.05) is 0 Å². The van der Waals surface area contributed by atoms with Crippen LogP contribution in [0, 0.1) is 12.7 Å². The Bertz CT molecular complexity index is 1320. The number of hydrogen-bond acceptors (Lipinski definition) is 8. The van der Waals surface area contributed by atoms with Crippen LogP contribution in [-0.2, 0) is 6.54 Å². The number of amides is 1. The fraction of sp³-hybridized carbons (Fsp3) is 0.182. The van der Waals surface area contributed by atoms with E-state index in [-0.39, 0.29) is 23.7 Å². The van der Waals surface area contributed by atoms with Crippen molar-refractivity contribution in [2.75, 3.05) is 25.3 Å². The second-order valence-corrected chi connectivity index (χ2v) is 7.03. The SMILES string of the molecule is COc1ccc(-c2nc(Cn3nnc(C(=O)Nc4cccc(F)c4)c3N)c(C)o2)c(OC)c1. The number of rotatable bonds is 7. The van der Waals surface area contributed by atoms with Crippen molar-refractivity contribution in [2.24, 2.45) is 0 Å². The van der Waals surface area contributed by atoms with Crippen molar-refractivity contribution in [1.29, 1.82) is 0 Å². The van der Waals surface area contributed by atoms with Gasteiger partial charge in [0.05, 0.1) is 26.3 Å².